The molecule has 148 valence electrons. The van der Waals surface area contributed by atoms with E-state index < -0.39 is 0 Å². The van der Waals surface area contributed by atoms with Crippen LogP contribution in [0.25, 0.3) is 10.8 Å². The molecule has 4 heteroatoms. The molecule has 0 spiro atoms. The molecule has 4 nitrogen and oxygen atoms in total. The van der Waals surface area contributed by atoms with Crippen molar-refractivity contribution in [2.45, 2.75) is 39.5 Å². The number of hydrogen-bond donors (Lipinski definition) is 0. The number of ether oxygens (including phenoxy) is 1. The van der Waals surface area contributed by atoms with Crippen molar-refractivity contribution < 1.29 is 14.3 Å². The summed E-state index contributed by atoms with van der Waals surface area (Å²) in [6, 6.07) is 15.0. The molecule has 0 fully saturated rings. The fourth-order valence-corrected chi connectivity index (χ4v) is 4.15. The molecule has 0 saturated heterocycles. The summed E-state index contributed by atoms with van der Waals surface area (Å²) in [5.74, 6) is 0.641. The molecule has 2 amide bonds. The van der Waals surface area contributed by atoms with Gasteiger partial charge in [-0.3, -0.25) is 9.59 Å². The topological polar surface area (TPSA) is 46.6 Å². The van der Waals surface area contributed by atoms with Gasteiger partial charge in [0.05, 0.1) is 12.8 Å². The van der Waals surface area contributed by atoms with E-state index in [9.17, 15) is 9.59 Å². The molecule has 0 bridgehead atoms. The Labute approximate surface area is 171 Å². The van der Waals surface area contributed by atoms with Crippen molar-refractivity contribution in [3.05, 3.63) is 70.8 Å². The second kappa shape index (κ2) is 7.03. The number of imide groups is 1. The predicted octanol–water partition coefficient (Wildman–Crippen LogP) is 5.90. The maximum absolute atomic E-state index is 13.4. The van der Waals surface area contributed by atoms with Gasteiger partial charge in [0.15, 0.2) is 0 Å². The van der Waals surface area contributed by atoms with E-state index in [1.54, 1.807) is 19.2 Å². The highest BCUT2D eigenvalue weighted by Crippen LogP contribution is 2.40. The zero-order valence-corrected chi connectivity index (χ0v) is 17.4. The fraction of sp³-hybridized carbons (Fsp3) is 0.280. The van der Waals surface area contributed by atoms with Crippen molar-refractivity contribution in [3.8, 4) is 5.75 Å². The van der Waals surface area contributed by atoms with Gasteiger partial charge < -0.3 is 4.74 Å². The summed E-state index contributed by atoms with van der Waals surface area (Å²) in [7, 11) is 1.67. The predicted molar refractivity (Wildman–Crippen MR) is 116 cm³/mol. The van der Waals surface area contributed by atoms with E-state index in [4.69, 9.17) is 4.74 Å². The Morgan fingerprint density at radius 2 is 1.28 bits per heavy atom. The van der Waals surface area contributed by atoms with Crippen LogP contribution in [0.15, 0.2) is 48.5 Å². The van der Waals surface area contributed by atoms with Crippen LogP contribution in [0.1, 0.15) is 71.4 Å². The third-order valence-corrected chi connectivity index (χ3v) is 5.61. The average molecular weight is 387 g/mol. The minimum atomic E-state index is -0.283. The molecule has 0 radical (unpaired) electrons. The molecular formula is C25H25NO3. The molecular weight excluding hydrogens is 362 g/mol. The SMILES string of the molecule is COc1c(C(C)C)cc(N2C(=O)c3cccc4cccc(c34)C2=O)cc1C(C)C. The van der Waals surface area contributed by atoms with E-state index in [1.807, 2.05) is 36.4 Å². The molecule has 4 rings (SSSR count). The minimum Gasteiger partial charge on any atom is -0.496 e. The molecule has 0 saturated carbocycles. The third kappa shape index (κ3) is 2.91. The van der Waals surface area contributed by atoms with Crippen molar-refractivity contribution >= 4 is 28.3 Å². The molecule has 29 heavy (non-hydrogen) atoms. The Morgan fingerprint density at radius 1 is 0.793 bits per heavy atom. The molecule has 0 aliphatic carbocycles. The lowest BCUT2D eigenvalue weighted by atomic mass is 9.90. The molecule has 1 aliphatic rings. The maximum atomic E-state index is 13.4. The maximum Gasteiger partial charge on any atom is 0.265 e. The third-order valence-electron chi connectivity index (χ3n) is 5.61. The smallest absolute Gasteiger partial charge is 0.265 e. The summed E-state index contributed by atoms with van der Waals surface area (Å²) in [6.07, 6.45) is 0. The van der Waals surface area contributed by atoms with Crippen molar-refractivity contribution in [3.63, 3.8) is 0 Å². The number of carbonyl (C=O) groups excluding carboxylic acids is 2. The Balaban J connectivity index is 1.96. The zero-order valence-electron chi connectivity index (χ0n) is 17.4. The van der Waals surface area contributed by atoms with Gasteiger partial charge in [-0.1, -0.05) is 52.0 Å². The number of nitrogens with zero attached hydrogens (tertiary/aromatic N) is 1. The van der Waals surface area contributed by atoms with Gasteiger partial charge in [-0.05, 0) is 52.6 Å². The van der Waals surface area contributed by atoms with Crippen LogP contribution in [-0.2, 0) is 0 Å². The first-order chi connectivity index (χ1) is 13.8. The van der Waals surface area contributed by atoms with E-state index >= 15 is 0 Å². The van der Waals surface area contributed by atoms with Gasteiger partial charge in [-0.15, -0.1) is 0 Å². The van der Waals surface area contributed by atoms with E-state index in [0.717, 1.165) is 27.6 Å². The number of hydrogen-bond acceptors (Lipinski definition) is 3. The molecule has 0 atom stereocenters. The first-order valence-corrected chi connectivity index (χ1v) is 9.97. The first-order valence-electron chi connectivity index (χ1n) is 9.97. The number of carbonyl (C=O) groups is 2. The number of benzene rings is 3. The van der Waals surface area contributed by atoms with Crippen molar-refractivity contribution in [2.75, 3.05) is 12.0 Å². The van der Waals surface area contributed by atoms with E-state index in [2.05, 4.69) is 27.7 Å². The molecule has 3 aromatic carbocycles. The highest BCUT2D eigenvalue weighted by Gasteiger charge is 2.34. The van der Waals surface area contributed by atoms with Gasteiger partial charge >= 0.3 is 0 Å². The summed E-state index contributed by atoms with van der Waals surface area (Å²) in [5, 5.41) is 1.64. The molecule has 0 N–H and O–H groups in total. The van der Waals surface area contributed by atoms with Crippen LogP contribution in [0.2, 0.25) is 0 Å². The Hall–Kier alpha value is -3.14. The Morgan fingerprint density at radius 3 is 1.69 bits per heavy atom. The quantitative estimate of drug-likeness (QED) is 0.524. The van der Waals surface area contributed by atoms with Crippen LogP contribution in [0.4, 0.5) is 5.69 Å². The van der Waals surface area contributed by atoms with Crippen LogP contribution in [-0.4, -0.2) is 18.9 Å². The average Bonchev–Trinajstić information content (AvgIpc) is 2.71. The zero-order chi connectivity index (χ0) is 20.9. The van der Waals surface area contributed by atoms with E-state index in [-0.39, 0.29) is 23.7 Å². The first kappa shape index (κ1) is 19.2. The standard InChI is InChI=1S/C25H25NO3/c1-14(2)20-12-17(13-21(15(3)4)23(20)29-5)26-24(27)18-10-6-8-16-9-7-11-19(22(16)18)25(26)28/h6-15H,1-5H3. The van der Waals surface area contributed by atoms with Gasteiger partial charge in [0.25, 0.3) is 11.8 Å². The Bertz CT molecular complexity index is 1060. The highest BCUT2D eigenvalue weighted by atomic mass is 16.5. The molecule has 0 aromatic heterocycles. The van der Waals surface area contributed by atoms with Crippen molar-refractivity contribution in [1.29, 1.82) is 0 Å². The largest absolute Gasteiger partial charge is 0.496 e. The summed E-state index contributed by atoms with van der Waals surface area (Å²) >= 11 is 0. The van der Waals surface area contributed by atoms with E-state index in [1.165, 1.54) is 4.90 Å². The summed E-state index contributed by atoms with van der Waals surface area (Å²) in [5.41, 5.74) is 3.70. The molecule has 1 aliphatic heterocycles. The van der Waals surface area contributed by atoms with Crippen molar-refractivity contribution in [1.82, 2.24) is 0 Å². The van der Waals surface area contributed by atoms with Crippen LogP contribution in [0, 0.1) is 0 Å². The number of rotatable bonds is 4. The fourth-order valence-electron chi connectivity index (χ4n) is 4.15. The number of amides is 2. The summed E-state index contributed by atoms with van der Waals surface area (Å²) in [4.78, 5) is 28.1. The molecule has 0 unspecified atom stereocenters. The van der Waals surface area contributed by atoms with Gasteiger partial charge in [0, 0.05) is 16.5 Å². The molecule has 1 heterocycles. The van der Waals surface area contributed by atoms with Gasteiger partial charge in [-0.25, -0.2) is 4.90 Å². The summed E-state index contributed by atoms with van der Waals surface area (Å²) < 4.78 is 5.71. The van der Waals surface area contributed by atoms with Crippen LogP contribution in [0.3, 0.4) is 0 Å². The van der Waals surface area contributed by atoms with Crippen LogP contribution in [0.5, 0.6) is 5.75 Å². The number of anilines is 1. The highest BCUT2D eigenvalue weighted by molar-refractivity contribution is 6.35. The van der Waals surface area contributed by atoms with Crippen LogP contribution >= 0.6 is 0 Å². The second-order valence-corrected chi connectivity index (χ2v) is 8.12. The van der Waals surface area contributed by atoms with Crippen molar-refractivity contribution in [2.24, 2.45) is 0 Å². The van der Waals surface area contributed by atoms with Gasteiger partial charge in [0.1, 0.15) is 5.75 Å². The molecule has 3 aromatic rings. The normalized spacial score (nSPS) is 13.7. The lowest BCUT2D eigenvalue weighted by Crippen LogP contribution is -2.40. The minimum absolute atomic E-state index is 0.188. The summed E-state index contributed by atoms with van der Waals surface area (Å²) in [6.45, 7) is 8.34. The lowest BCUT2D eigenvalue weighted by molar-refractivity contribution is 0.0893. The number of methoxy groups -OCH3 is 1. The van der Waals surface area contributed by atoms with Gasteiger partial charge in [0.2, 0.25) is 0 Å². The van der Waals surface area contributed by atoms with E-state index in [0.29, 0.717) is 16.8 Å². The second-order valence-electron chi connectivity index (χ2n) is 8.12. The van der Waals surface area contributed by atoms with Gasteiger partial charge in [-0.2, -0.15) is 0 Å². The van der Waals surface area contributed by atoms with Crippen LogP contribution < -0.4 is 9.64 Å². The lowest BCUT2D eigenvalue weighted by Gasteiger charge is -2.29. The Kier molecular flexibility index (Phi) is 4.65. The monoisotopic (exact) mass is 387 g/mol.